The van der Waals surface area contributed by atoms with Crippen LogP contribution in [0.4, 0.5) is 5.69 Å². The van der Waals surface area contributed by atoms with Crippen molar-refractivity contribution in [3.63, 3.8) is 0 Å². The Morgan fingerprint density at radius 3 is 2.40 bits per heavy atom. The van der Waals surface area contributed by atoms with Crippen molar-refractivity contribution in [1.29, 1.82) is 5.39 Å². The van der Waals surface area contributed by atoms with Crippen molar-refractivity contribution in [3.05, 3.63) is 34.8 Å². The van der Waals surface area contributed by atoms with E-state index < -0.39 is 8.32 Å². The van der Waals surface area contributed by atoms with Crippen LogP contribution >= 0.6 is 0 Å². The molecule has 0 aliphatic carbocycles. The predicted octanol–water partition coefficient (Wildman–Crippen LogP) is 2.45. The highest BCUT2D eigenvalue weighted by atomic mass is 28.4. The smallest absolute Gasteiger partial charge is 0.385 e. The molecule has 76 valence electrons. The molecule has 0 unspecified atom stereocenters. The number of rotatable bonds is 1. The lowest BCUT2D eigenvalue weighted by molar-refractivity contribution is 0.570. The van der Waals surface area contributed by atoms with Gasteiger partial charge in [-0.2, -0.15) is 0 Å². The minimum absolute atomic E-state index is 0.531. The van der Waals surface area contributed by atoms with Crippen LogP contribution in [0.5, 0.6) is 0 Å². The molecule has 1 aromatic rings. The van der Waals surface area contributed by atoms with Crippen molar-refractivity contribution >= 4 is 14.0 Å². The quantitative estimate of drug-likeness (QED) is 0.446. The molecule has 0 spiro atoms. The normalized spacial score (nSPS) is 10.0. The minimum atomic E-state index is -2.25. The van der Waals surface area contributed by atoms with E-state index in [0.717, 1.165) is 5.56 Å². The van der Waals surface area contributed by atoms with E-state index in [9.17, 15) is 4.80 Å². The molecule has 1 N–H and O–H groups in total. The number of diazo groups is 1. The summed E-state index contributed by atoms with van der Waals surface area (Å²) in [6.45, 7) is 3.57. The molecule has 0 amide bonds. The van der Waals surface area contributed by atoms with Crippen LogP contribution in [0.25, 0.3) is 4.98 Å². The summed E-state index contributed by atoms with van der Waals surface area (Å²) in [7, 11) is -2.25. The van der Waals surface area contributed by atoms with Gasteiger partial charge in [0.25, 0.3) is 8.32 Å². The summed E-state index contributed by atoms with van der Waals surface area (Å²) in [4.78, 5) is 12.6. The number of benzene rings is 1. The molecule has 0 heterocycles. The van der Waals surface area contributed by atoms with Gasteiger partial charge in [-0.1, -0.05) is 17.7 Å². The van der Waals surface area contributed by atoms with Crippen LogP contribution < -0.4 is 0 Å². The Morgan fingerprint density at radius 1 is 1.33 bits per heavy atom. The number of hydrogen-bond donors (Lipinski definition) is 1. The van der Waals surface area contributed by atoms with Gasteiger partial charge in [-0.25, -0.2) is 0 Å². The zero-order valence-electron chi connectivity index (χ0n) is 8.86. The van der Waals surface area contributed by atoms with Gasteiger partial charge < -0.3 is 4.80 Å². The molecule has 15 heavy (non-hydrogen) atoms. The SMILES string of the molecule is C[Si](C)(O)C#CCc1ccc([N+]#N)cc1. The van der Waals surface area contributed by atoms with E-state index in [1.807, 2.05) is 12.1 Å². The largest absolute Gasteiger partial charge is 0.422 e. The van der Waals surface area contributed by atoms with Gasteiger partial charge in [-0.3, -0.25) is 0 Å². The Kier molecular flexibility index (Phi) is 3.62. The van der Waals surface area contributed by atoms with E-state index >= 15 is 0 Å². The Balaban J connectivity index is 2.66. The monoisotopic (exact) mass is 217 g/mol. The van der Waals surface area contributed by atoms with Gasteiger partial charge in [0.15, 0.2) is 4.98 Å². The van der Waals surface area contributed by atoms with Crippen molar-refractivity contribution in [3.8, 4) is 11.5 Å². The predicted molar refractivity (Wildman–Crippen MR) is 62.4 cm³/mol. The van der Waals surface area contributed by atoms with Gasteiger partial charge in [0, 0.05) is 18.6 Å². The lowest BCUT2D eigenvalue weighted by Gasteiger charge is -2.01. The molecule has 1 rings (SSSR count). The highest BCUT2D eigenvalue weighted by molar-refractivity contribution is 6.78. The zero-order valence-corrected chi connectivity index (χ0v) is 9.86. The van der Waals surface area contributed by atoms with Gasteiger partial charge in [0.05, 0.1) is 0 Å². The molecule has 1 aromatic carbocycles. The molecular formula is C11H13N2OSi+. The van der Waals surface area contributed by atoms with Gasteiger partial charge >= 0.3 is 5.69 Å². The first kappa shape index (κ1) is 11.5. The molecule has 0 radical (unpaired) electrons. The second-order valence-electron chi connectivity index (χ2n) is 3.80. The fraction of sp³-hybridized carbons (Fsp3) is 0.273. The van der Waals surface area contributed by atoms with Crippen molar-refractivity contribution in [2.45, 2.75) is 19.5 Å². The van der Waals surface area contributed by atoms with E-state index in [1.54, 1.807) is 25.2 Å². The third kappa shape index (κ3) is 4.41. The van der Waals surface area contributed by atoms with Gasteiger partial charge in [-0.15, -0.1) is 5.92 Å². The average Bonchev–Trinajstić information content (AvgIpc) is 2.17. The molecule has 0 aliphatic rings. The average molecular weight is 217 g/mol. The third-order valence-corrected chi connectivity index (χ3v) is 2.53. The fourth-order valence-corrected chi connectivity index (χ4v) is 1.56. The lowest BCUT2D eigenvalue weighted by atomic mass is 10.1. The number of hydrogen-bond acceptors (Lipinski definition) is 2. The molecular weight excluding hydrogens is 204 g/mol. The summed E-state index contributed by atoms with van der Waals surface area (Å²) >= 11 is 0. The second-order valence-corrected chi connectivity index (χ2v) is 7.17. The second kappa shape index (κ2) is 4.74. The third-order valence-electron chi connectivity index (χ3n) is 1.74. The van der Waals surface area contributed by atoms with Crippen molar-refractivity contribution in [2.75, 3.05) is 0 Å². The standard InChI is InChI=1S/C11H13N2OSi/c1-15(2,14)9-3-4-10-5-7-11(13-12)8-6-10/h5-8,14H,4H2,1-2H3/q+1. The maximum Gasteiger partial charge on any atom is 0.385 e. The first-order valence-electron chi connectivity index (χ1n) is 4.68. The van der Waals surface area contributed by atoms with E-state index in [2.05, 4.69) is 16.4 Å². The lowest BCUT2D eigenvalue weighted by Crippen LogP contribution is -2.22. The molecule has 0 fully saturated rings. The van der Waals surface area contributed by atoms with Crippen molar-refractivity contribution in [1.82, 2.24) is 0 Å². The summed E-state index contributed by atoms with van der Waals surface area (Å²) < 4.78 is 0. The molecule has 0 saturated carbocycles. The first-order chi connectivity index (χ1) is 7.01. The van der Waals surface area contributed by atoms with Crippen molar-refractivity contribution < 1.29 is 4.80 Å². The van der Waals surface area contributed by atoms with Crippen LogP contribution in [-0.2, 0) is 6.42 Å². The summed E-state index contributed by atoms with van der Waals surface area (Å²) in [6, 6.07) is 7.16. The van der Waals surface area contributed by atoms with Gasteiger partial charge in [0.1, 0.15) is 0 Å². The molecule has 0 saturated heterocycles. The molecule has 4 heteroatoms. The summed E-state index contributed by atoms with van der Waals surface area (Å²) in [5.74, 6) is 2.95. The van der Waals surface area contributed by atoms with Crippen LogP contribution in [0.3, 0.4) is 0 Å². The highest BCUT2D eigenvalue weighted by Crippen LogP contribution is 2.12. The Morgan fingerprint density at radius 2 is 1.93 bits per heavy atom. The van der Waals surface area contributed by atoms with Crippen molar-refractivity contribution in [2.24, 2.45) is 0 Å². The zero-order chi connectivity index (χ0) is 11.3. The molecule has 0 aromatic heterocycles. The van der Waals surface area contributed by atoms with Gasteiger partial charge in [-0.05, 0) is 18.7 Å². The van der Waals surface area contributed by atoms with Crippen LogP contribution in [0.2, 0.25) is 13.1 Å². The van der Waals surface area contributed by atoms with Crippen LogP contribution in [-0.4, -0.2) is 13.1 Å². The van der Waals surface area contributed by atoms with E-state index in [4.69, 9.17) is 5.39 Å². The van der Waals surface area contributed by atoms with E-state index in [1.165, 1.54) is 0 Å². The maximum atomic E-state index is 9.50. The minimum Gasteiger partial charge on any atom is -0.422 e. The molecule has 3 nitrogen and oxygen atoms in total. The van der Waals surface area contributed by atoms with Crippen LogP contribution in [0, 0.1) is 16.9 Å². The Labute approximate surface area is 90.5 Å². The highest BCUT2D eigenvalue weighted by Gasteiger charge is 2.11. The number of nitrogens with zero attached hydrogens (tertiary/aromatic N) is 2. The summed E-state index contributed by atoms with van der Waals surface area (Å²) in [5.41, 5.74) is 4.45. The molecule has 0 aliphatic heterocycles. The van der Waals surface area contributed by atoms with Gasteiger partial charge in [0.2, 0.25) is 5.39 Å². The summed E-state index contributed by atoms with van der Waals surface area (Å²) in [5, 5.41) is 8.48. The van der Waals surface area contributed by atoms with Crippen LogP contribution in [0.15, 0.2) is 24.3 Å². The van der Waals surface area contributed by atoms with E-state index in [0.29, 0.717) is 12.1 Å². The molecule has 0 bridgehead atoms. The Bertz CT molecular complexity index is 429. The topological polar surface area (TPSA) is 48.4 Å². The first-order valence-corrected chi connectivity index (χ1v) is 7.62. The molecule has 0 atom stereocenters. The maximum absolute atomic E-state index is 9.50. The fourth-order valence-electron chi connectivity index (χ4n) is 1.04. The Hall–Kier alpha value is -1.62. The van der Waals surface area contributed by atoms with E-state index in [-0.39, 0.29) is 0 Å². The summed E-state index contributed by atoms with van der Waals surface area (Å²) in [6.07, 6.45) is 0.614. The van der Waals surface area contributed by atoms with Crippen LogP contribution in [0.1, 0.15) is 5.56 Å².